The van der Waals surface area contributed by atoms with Crippen LogP contribution in [0.15, 0.2) is 83.8 Å². The second-order valence-corrected chi connectivity index (χ2v) is 7.16. The minimum absolute atomic E-state index is 0.273. The first kappa shape index (κ1) is 20.6. The van der Waals surface area contributed by atoms with E-state index in [-0.39, 0.29) is 5.02 Å². The largest absolute Gasteiger partial charge is 0.343 e. The molecule has 0 radical (unpaired) electrons. The molecule has 0 spiro atoms. The number of hydrogen-bond acceptors (Lipinski definition) is 3. The number of halogens is 1. The second kappa shape index (κ2) is 9.34. The Bertz CT molecular complexity index is 1050. The summed E-state index contributed by atoms with van der Waals surface area (Å²) in [6.45, 7) is 0.413. The topological polar surface area (TPSA) is 59.4 Å². The van der Waals surface area contributed by atoms with Gasteiger partial charge in [0.2, 0.25) is 0 Å². The molecule has 0 N–H and O–H groups in total. The van der Waals surface area contributed by atoms with Gasteiger partial charge in [0.1, 0.15) is 0 Å². The van der Waals surface area contributed by atoms with Crippen LogP contribution in [0.4, 0.5) is 0 Å². The van der Waals surface area contributed by atoms with Crippen LogP contribution in [0.1, 0.15) is 22.0 Å². The highest BCUT2D eigenvalue weighted by atomic mass is 35.5. The molecule has 148 valence electrons. The van der Waals surface area contributed by atoms with E-state index in [0.717, 1.165) is 10.1 Å². The maximum Gasteiger partial charge on any atom is 0.253 e. The first-order chi connectivity index (χ1) is 14.0. The average Bonchev–Trinajstić information content (AvgIpc) is 2.75. The van der Waals surface area contributed by atoms with Gasteiger partial charge in [0.25, 0.3) is 11.5 Å². The van der Waals surface area contributed by atoms with Crippen LogP contribution in [0.3, 0.4) is 0 Å². The van der Waals surface area contributed by atoms with Gasteiger partial charge in [0.15, 0.2) is 11.8 Å². The van der Waals surface area contributed by atoms with Gasteiger partial charge in [-0.1, -0.05) is 72.3 Å². The summed E-state index contributed by atoms with van der Waals surface area (Å²) < 4.78 is 1.11. The van der Waals surface area contributed by atoms with Crippen molar-refractivity contribution >= 4 is 23.3 Å². The van der Waals surface area contributed by atoms with E-state index in [9.17, 15) is 14.4 Å². The van der Waals surface area contributed by atoms with Gasteiger partial charge < -0.3 is 4.90 Å². The molecule has 0 fully saturated rings. The fraction of sp³-hybridized carbons (Fsp3) is 0.174. The van der Waals surface area contributed by atoms with Crippen LogP contribution >= 0.6 is 11.6 Å². The highest BCUT2D eigenvalue weighted by Gasteiger charge is 2.32. The quantitative estimate of drug-likeness (QED) is 0.443. The van der Waals surface area contributed by atoms with Crippen molar-refractivity contribution in [3.8, 4) is 0 Å². The van der Waals surface area contributed by atoms with E-state index >= 15 is 0 Å². The smallest absolute Gasteiger partial charge is 0.253 e. The molecule has 0 saturated heterocycles. The number of carbonyl (C=O) groups excluding carboxylic acids is 2. The summed E-state index contributed by atoms with van der Waals surface area (Å²) in [6, 6.07) is 19.6. The van der Waals surface area contributed by atoms with Gasteiger partial charge in [-0.2, -0.15) is 0 Å². The molecule has 1 atom stereocenters. The number of pyridine rings is 1. The van der Waals surface area contributed by atoms with E-state index in [1.54, 1.807) is 37.4 Å². The van der Waals surface area contributed by atoms with Gasteiger partial charge in [0, 0.05) is 31.4 Å². The highest BCUT2D eigenvalue weighted by molar-refractivity contribution is 6.30. The summed E-state index contributed by atoms with van der Waals surface area (Å²) in [5, 5.41) is 0.273. The van der Waals surface area contributed by atoms with Crippen molar-refractivity contribution in [2.24, 2.45) is 0 Å². The van der Waals surface area contributed by atoms with Gasteiger partial charge in [-0.3, -0.25) is 19.0 Å². The number of nitrogens with zero attached hydrogens (tertiary/aromatic N) is 2. The van der Waals surface area contributed by atoms with Gasteiger partial charge in [-0.25, -0.2) is 0 Å². The molecule has 1 amide bonds. The molecule has 2 aromatic carbocycles. The maximum atomic E-state index is 13.2. The first-order valence-corrected chi connectivity index (χ1v) is 9.61. The molecule has 1 heterocycles. The molecule has 0 aliphatic heterocycles. The van der Waals surface area contributed by atoms with Crippen LogP contribution in [-0.2, 0) is 11.2 Å². The fourth-order valence-electron chi connectivity index (χ4n) is 3.06. The monoisotopic (exact) mass is 408 g/mol. The molecule has 6 heteroatoms. The molecule has 3 aromatic rings. The normalized spacial score (nSPS) is 11.7. The Morgan fingerprint density at radius 3 is 2.24 bits per heavy atom. The van der Waals surface area contributed by atoms with Crippen molar-refractivity contribution in [2.45, 2.75) is 12.5 Å². The molecule has 0 saturated carbocycles. The Kier molecular flexibility index (Phi) is 6.62. The van der Waals surface area contributed by atoms with Gasteiger partial charge >= 0.3 is 0 Å². The minimum atomic E-state index is -1.32. The predicted molar refractivity (Wildman–Crippen MR) is 113 cm³/mol. The molecule has 3 rings (SSSR count). The summed E-state index contributed by atoms with van der Waals surface area (Å²) in [6.07, 6.45) is 1.97. The minimum Gasteiger partial charge on any atom is -0.343 e. The standard InChI is InChI=1S/C23H21ClN2O3/c1-25(15-14-17-8-4-2-5-9-17)23(29)21(22(28)18-10-6-3-7-11-18)26-16-19(24)12-13-20(26)27/h2-13,16,21H,14-15H2,1H3/t21-/m1/s1. The number of carbonyl (C=O) groups is 2. The van der Waals surface area contributed by atoms with Crippen molar-refractivity contribution in [3.63, 3.8) is 0 Å². The number of Topliss-reactive ketones (excluding diaryl/α,β-unsaturated/α-hetero) is 1. The first-order valence-electron chi connectivity index (χ1n) is 9.23. The molecule has 0 aliphatic carbocycles. The Balaban J connectivity index is 1.91. The van der Waals surface area contributed by atoms with E-state index in [2.05, 4.69) is 0 Å². The molecule has 0 bridgehead atoms. The van der Waals surface area contributed by atoms with Crippen molar-refractivity contribution < 1.29 is 9.59 Å². The van der Waals surface area contributed by atoms with E-state index in [1.165, 1.54) is 23.2 Å². The maximum absolute atomic E-state index is 13.2. The van der Waals surface area contributed by atoms with E-state index in [1.807, 2.05) is 30.3 Å². The number of benzene rings is 2. The van der Waals surface area contributed by atoms with Crippen molar-refractivity contribution in [1.82, 2.24) is 9.47 Å². The third-order valence-corrected chi connectivity index (χ3v) is 4.90. The molecule has 5 nitrogen and oxygen atoms in total. The average molecular weight is 409 g/mol. The third-order valence-electron chi connectivity index (χ3n) is 4.68. The van der Waals surface area contributed by atoms with E-state index in [0.29, 0.717) is 18.5 Å². The van der Waals surface area contributed by atoms with E-state index in [4.69, 9.17) is 11.6 Å². The van der Waals surface area contributed by atoms with Crippen LogP contribution in [0.5, 0.6) is 0 Å². The lowest BCUT2D eigenvalue weighted by molar-refractivity contribution is -0.132. The summed E-state index contributed by atoms with van der Waals surface area (Å²) in [5.41, 5.74) is 0.973. The molecule has 29 heavy (non-hydrogen) atoms. The van der Waals surface area contributed by atoms with Crippen molar-refractivity contribution in [1.29, 1.82) is 0 Å². The Morgan fingerprint density at radius 1 is 0.966 bits per heavy atom. The Morgan fingerprint density at radius 2 is 1.59 bits per heavy atom. The second-order valence-electron chi connectivity index (χ2n) is 6.72. The number of likely N-dealkylation sites (N-methyl/N-ethyl adjacent to an activating group) is 1. The van der Waals surface area contributed by atoms with Crippen molar-refractivity contribution in [2.75, 3.05) is 13.6 Å². The lowest BCUT2D eigenvalue weighted by Crippen LogP contribution is -2.42. The van der Waals surface area contributed by atoms with Crippen LogP contribution in [-0.4, -0.2) is 34.7 Å². The van der Waals surface area contributed by atoms with Gasteiger partial charge in [-0.05, 0) is 18.1 Å². The number of ketones is 1. The number of aromatic nitrogens is 1. The van der Waals surface area contributed by atoms with Crippen LogP contribution in [0.2, 0.25) is 5.02 Å². The summed E-state index contributed by atoms with van der Waals surface area (Å²) in [4.78, 5) is 40.3. The highest BCUT2D eigenvalue weighted by Crippen LogP contribution is 2.18. The summed E-state index contributed by atoms with van der Waals surface area (Å²) in [5.74, 6) is -0.911. The SMILES string of the molecule is CN(CCc1ccccc1)C(=O)[C@@H](C(=O)c1ccccc1)n1cc(Cl)ccc1=O. The molecule has 0 aliphatic rings. The van der Waals surface area contributed by atoms with Crippen LogP contribution in [0.25, 0.3) is 0 Å². The fourth-order valence-corrected chi connectivity index (χ4v) is 3.22. The molecule has 1 aromatic heterocycles. The summed E-state index contributed by atoms with van der Waals surface area (Å²) >= 11 is 6.04. The lowest BCUT2D eigenvalue weighted by atomic mass is 10.0. The van der Waals surface area contributed by atoms with Crippen LogP contribution < -0.4 is 5.56 Å². The zero-order chi connectivity index (χ0) is 20.8. The number of rotatable bonds is 7. The molecular formula is C23H21ClN2O3. The zero-order valence-electron chi connectivity index (χ0n) is 16.0. The predicted octanol–water partition coefficient (Wildman–Crippen LogP) is 3.63. The van der Waals surface area contributed by atoms with Gasteiger partial charge in [-0.15, -0.1) is 0 Å². The third kappa shape index (κ3) is 5.00. The zero-order valence-corrected chi connectivity index (χ0v) is 16.8. The molecule has 0 unspecified atom stereocenters. The summed E-state index contributed by atoms with van der Waals surface area (Å²) in [7, 11) is 1.63. The van der Waals surface area contributed by atoms with Gasteiger partial charge in [0.05, 0.1) is 5.02 Å². The Hall–Kier alpha value is -3.18. The van der Waals surface area contributed by atoms with Crippen molar-refractivity contribution in [3.05, 3.63) is 105 Å². The Labute approximate surface area is 174 Å². The lowest BCUT2D eigenvalue weighted by Gasteiger charge is -2.25. The van der Waals surface area contributed by atoms with E-state index < -0.39 is 23.3 Å². The van der Waals surface area contributed by atoms with Crippen LogP contribution in [0, 0.1) is 0 Å². The number of amides is 1. The number of hydrogen-bond donors (Lipinski definition) is 0. The molecular weight excluding hydrogens is 388 g/mol.